The first-order valence-electron chi connectivity index (χ1n) is 5.97. The molecule has 4 heteroatoms. The number of methoxy groups -OCH3 is 1. The number of hydrogen-bond donors (Lipinski definition) is 1. The molecule has 0 spiro atoms. The van der Waals surface area contributed by atoms with Gasteiger partial charge in [0.2, 0.25) is 5.91 Å². The number of carbonyl (C=O) groups is 1. The van der Waals surface area contributed by atoms with Gasteiger partial charge >= 0.3 is 0 Å². The van der Waals surface area contributed by atoms with E-state index in [9.17, 15) is 4.79 Å². The first kappa shape index (κ1) is 11.9. The van der Waals surface area contributed by atoms with Crippen molar-refractivity contribution in [2.75, 3.05) is 20.2 Å². The second-order valence-electron chi connectivity index (χ2n) is 4.12. The third-order valence-corrected chi connectivity index (χ3v) is 2.97. The third kappa shape index (κ3) is 2.97. The molecular formula is C13H18N2O2. The van der Waals surface area contributed by atoms with Gasteiger partial charge in [-0.2, -0.15) is 0 Å². The second-order valence-corrected chi connectivity index (χ2v) is 4.12. The fourth-order valence-electron chi connectivity index (χ4n) is 2.02. The summed E-state index contributed by atoms with van der Waals surface area (Å²) in [6, 6.07) is 7.92. The van der Waals surface area contributed by atoms with Crippen LogP contribution in [0.25, 0.3) is 0 Å². The van der Waals surface area contributed by atoms with Crippen molar-refractivity contribution in [2.45, 2.75) is 19.3 Å². The van der Waals surface area contributed by atoms with Crippen LogP contribution < -0.4 is 10.2 Å². The van der Waals surface area contributed by atoms with Gasteiger partial charge in [0.15, 0.2) is 0 Å². The molecule has 17 heavy (non-hydrogen) atoms. The van der Waals surface area contributed by atoms with E-state index in [-0.39, 0.29) is 5.91 Å². The van der Waals surface area contributed by atoms with Crippen LogP contribution in [-0.4, -0.2) is 31.1 Å². The van der Waals surface area contributed by atoms with E-state index in [2.05, 4.69) is 5.43 Å². The maximum atomic E-state index is 11.6. The van der Waals surface area contributed by atoms with Crippen molar-refractivity contribution in [3.63, 3.8) is 0 Å². The van der Waals surface area contributed by atoms with Crippen molar-refractivity contribution in [2.24, 2.45) is 0 Å². The Morgan fingerprint density at radius 1 is 1.41 bits per heavy atom. The molecule has 1 heterocycles. The normalized spacial score (nSPS) is 16.1. The van der Waals surface area contributed by atoms with E-state index < -0.39 is 0 Å². The first-order chi connectivity index (χ1) is 8.31. The van der Waals surface area contributed by atoms with Crippen LogP contribution in [0.2, 0.25) is 0 Å². The Bertz CT molecular complexity index is 393. The molecule has 1 saturated heterocycles. The molecule has 1 aliphatic heterocycles. The summed E-state index contributed by atoms with van der Waals surface area (Å²) < 4.78 is 5.29. The molecule has 1 amide bonds. The minimum absolute atomic E-state index is 0.186. The highest BCUT2D eigenvalue weighted by molar-refractivity contribution is 5.76. The molecule has 1 aromatic carbocycles. The Balaban J connectivity index is 1.94. The molecule has 1 N–H and O–H groups in total. The summed E-state index contributed by atoms with van der Waals surface area (Å²) in [5.74, 6) is 1.07. The number of ether oxygens (including phenoxy) is 1. The first-order valence-corrected chi connectivity index (χ1v) is 5.97. The topological polar surface area (TPSA) is 41.6 Å². The molecule has 92 valence electrons. The SMILES string of the molecule is COc1ccccc1CCN1NCCCC1=O. The number of para-hydroxylation sites is 1. The molecule has 0 unspecified atom stereocenters. The highest BCUT2D eigenvalue weighted by Crippen LogP contribution is 2.18. The standard InChI is InChI=1S/C13H18N2O2/c1-17-12-6-3-2-5-11(12)8-10-15-13(16)7-4-9-14-15/h2-3,5-6,14H,4,7-10H2,1H3. The number of benzene rings is 1. The molecule has 0 atom stereocenters. The monoisotopic (exact) mass is 234 g/mol. The zero-order valence-electron chi connectivity index (χ0n) is 10.1. The van der Waals surface area contributed by atoms with Gasteiger partial charge in [0.1, 0.15) is 5.75 Å². The smallest absolute Gasteiger partial charge is 0.236 e. The zero-order valence-corrected chi connectivity index (χ0v) is 10.1. The van der Waals surface area contributed by atoms with Gasteiger partial charge in [-0.3, -0.25) is 9.80 Å². The highest BCUT2D eigenvalue weighted by Gasteiger charge is 2.17. The molecule has 4 nitrogen and oxygen atoms in total. The predicted molar refractivity (Wildman–Crippen MR) is 65.6 cm³/mol. The van der Waals surface area contributed by atoms with E-state index in [1.54, 1.807) is 12.1 Å². The van der Waals surface area contributed by atoms with E-state index in [0.29, 0.717) is 13.0 Å². The van der Waals surface area contributed by atoms with Crippen molar-refractivity contribution >= 4 is 5.91 Å². The minimum Gasteiger partial charge on any atom is -0.496 e. The van der Waals surface area contributed by atoms with Crippen LogP contribution in [0.1, 0.15) is 18.4 Å². The highest BCUT2D eigenvalue weighted by atomic mass is 16.5. The lowest BCUT2D eigenvalue weighted by atomic mass is 10.1. The summed E-state index contributed by atoms with van der Waals surface area (Å²) in [7, 11) is 1.67. The van der Waals surface area contributed by atoms with E-state index in [1.165, 1.54) is 0 Å². The number of amides is 1. The molecule has 1 aliphatic rings. The molecule has 2 rings (SSSR count). The van der Waals surface area contributed by atoms with Gasteiger partial charge in [-0.25, -0.2) is 5.43 Å². The van der Waals surface area contributed by atoms with Gasteiger partial charge in [-0.05, 0) is 24.5 Å². The average Bonchev–Trinajstić information content (AvgIpc) is 2.38. The van der Waals surface area contributed by atoms with Gasteiger partial charge in [-0.15, -0.1) is 0 Å². The molecule has 0 radical (unpaired) electrons. The summed E-state index contributed by atoms with van der Waals surface area (Å²) in [5, 5.41) is 1.72. The zero-order chi connectivity index (χ0) is 12.1. The van der Waals surface area contributed by atoms with Crippen LogP contribution in [0.3, 0.4) is 0 Å². The predicted octanol–water partition coefficient (Wildman–Crippen LogP) is 1.36. The quantitative estimate of drug-likeness (QED) is 0.855. The Morgan fingerprint density at radius 3 is 3.00 bits per heavy atom. The lowest BCUT2D eigenvalue weighted by molar-refractivity contribution is -0.136. The number of carbonyl (C=O) groups excluding carboxylic acids is 1. The van der Waals surface area contributed by atoms with Crippen molar-refractivity contribution in [1.29, 1.82) is 0 Å². The molecule has 0 bridgehead atoms. The van der Waals surface area contributed by atoms with E-state index in [0.717, 1.165) is 30.7 Å². The van der Waals surface area contributed by atoms with Crippen molar-refractivity contribution in [3.05, 3.63) is 29.8 Å². The average molecular weight is 234 g/mol. The second kappa shape index (κ2) is 5.68. The number of rotatable bonds is 4. The molecule has 0 aromatic heterocycles. The minimum atomic E-state index is 0.186. The van der Waals surface area contributed by atoms with Crippen molar-refractivity contribution in [3.8, 4) is 5.75 Å². The van der Waals surface area contributed by atoms with Crippen molar-refractivity contribution < 1.29 is 9.53 Å². The van der Waals surface area contributed by atoms with Gasteiger partial charge in [0, 0.05) is 19.5 Å². The van der Waals surface area contributed by atoms with Crippen LogP contribution >= 0.6 is 0 Å². The number of hydrazine groups is 1. The summed E-state index contributed by atoms with van der Waals surface area (Å²) in [6.45, 7) is 1.58. The van der Waals surface area contributed by atoms with E-state index >= 15 is 0 Å². The van der Waals surface area contributed by atoms with Crippen molar-refractivity contribution in [1.82, 2.24) is 10.4 Å². The fourth-order valence-corrected chi connectivity index (χ4v) is 2.02. The summed E-state index contributed by atoms with van der Waals surface area (Å²) in [6.07, 6.45) is 2.39. The maximum Gasteiger partial charge on any atom is 0.236 e. The Morgan fingerprint density at radius 2 is 2.24 bits per heavy atom. The number of hydrogen-bond acceptors (Lipinski definition) is 3. The van der Waals surface area contributed by atoms with Crippen LogP contribution in [0.15, 0.2) is 24.3 Å². The Hall–Kier alpha value is -1.55. The van der Waals surface area contributed by atoms with Gasteiger partial charge < -0.3 is 4.74 Å². The molecule has 1 fully saturated rings. The summed E-state index contributed by atoms with van der Waals surface area (Å²) in [4.78, 5) is 11.6. The maximum absolute atomic E-state index is 11.6. The molecule has 0 saturated carbocycles. The van der Waals surface area contributed by atoms with Gasteiger partial charge in [-0.1, -0.05) is 18.2 Å². The Kier molecular flexibility index (Phi) is 3.98. The molecule has 0 aliphatic carbocycles. The van der Waals surface area contributed by atoms with Crippen LogP contribution in [0.4, 0.5) is 0 Å². The third-order valence-electron chi connectivity index (χ3n) is 2.97. The number of nitrogens with zero attached hydrogens (tertiary/aromatic N) is 1. The van der Waals surface area contributed by atoms with Gasteiger partial charge in [0.25, 0.3) is 0 Å². The van der Waals surface area contributed by atoms with Crippen LogP contribution in [0, 0.1) is 0 Å². The summed E-state index contributed by atoms with van der Waals surface area (Å²) >= 11 is 0. The van der Waals surface area contributed by atoms with Crippen LogP contribution in [-0.2, 0) is 11.2 Å². The summed E-state index contributed by atoms with van der Waals surface area (Å²) in [5.41, 5.74) is 4.25. The number of nitrogens with one attached hydrogen (secondary N) is 1. The fraction of sp³-hybridized carbons (Fsp3) is 0.462. The van der Waals surface area contributed by atoms with Crippen LogP contribution in [0.5, 0.6) is 5.75 Å². The van der Waals surface area contributed by atoms with Gasteiger partial charge in [0.05, 0.1) is 7.11 Å². The largest absolute Gasteiger partial charge is 0.496 e. The van der Waals surface area contributed by atoms with E-state index in [4.69, 9.17) is 4.74 Å². The lowest BCUT2D eigenvalue weighted by Gasteiger charge is -2.27. The molecular weight excluding hydrogens is 216 g/mol. The van der Waals surface area contributed by atoms with E-state index in [1.807, 2.05) is 24.3 Å². The molecule has 1 aromatic rings. The lowest BCUT2D eigenvalue weighted by Crippen LogP contribution is -2.47. The Labute approximate surface area is 102 Å².